The topological polar surface area (TPSA) is 35.5 Å². The molecule has 1 saturated carbocycles. The minimum Gasteiger partial charge on any atom is -0.287 e. The van der Waals surface area contributed by atoms with Gasteiger partial charge in [0.05, 0.1) is 0 Å². The minimum absolute atomic E-state index is 0.532. The van der Waals surface area contributed by atoms with Gasteiger partial charge in [0.1, 0.15) is 6.10 Å². The van der Waals surface area contributed by atoms with E-state index in [1.165, 1.54) is 0 Å². The Hall–Kier alpha value is -1.04. The molecule has 15 heavy (non-hydrogen) atoms. The van der Waals surface area contributed by atoms with Crippen LogP contribution < -0.4 is 0 Å². The van der Waals surface area contributed by atoms with Gasteiger partial charge in [0.25, 0.3) is 0 Å². The maximum Gasteiger partial charge on any atom is 0.494 e. The van der Waals surface area contributed by atoms with Crippen molar-refractivity contribution in [2.45, 2.75) is 38.0 Å². The third-order valence-electron chi connectivity index (χ3n) is 2.14. The summed E-state index contributed by atoms with van der Waals surface area (Å²) in [5, 5.41) is 0. The number of hydrogen-bond acceptors (Lipinski definition) is 3. The van der Waals surface area contributed by atoms with E-state index in [2.05, 4.69) is 16.4 Å². The summed E-state index contributed by atoms with van der Waals surface area (Å²) in [6.07, 6.45) is -2.64. The van der Waals surface area contributed by atoms with E-state index in [0.29, 0.717) is 18.4 Å². The fourth-order valence-corrected chi connectivity index (χ4v) is 1.31. The lowest BCUT2D eigenvalue weighted by Crippen LogP contribution is -2.29. The highest BCUT2D eigenvalue weighted by Gasteiger charge is 2.42. The van der Waals surface area contributed by atoms with Crippen molar-refractivity contribution in [2.75, 3.05) is 0 Å². The van der Waals surface area contributed by atoms with Crippen molar-refractivity contribution in [3.05, 3.63) is 12.2 Å². The van der Waals surface area contributed by atoms with Crippen LogP contribution in [0.15, 0.2) is 12.2 Å². The molecule has 0 aliphatic heterocycles. The quantitative estimate of drug-likeness (QED) is 0.410. The monoisotopic (exact) mass is 224 g/mol. The highest BCUT2D eigenvalue weighted by molar-refractivity contribution is 5.74. The van der Waals surface area contributed by atoms with Crippen molar-refractivity contribution >= 4 is 5.97 Å². The van der Waals surface area contributed by atoms with Crippen LogP contribution in [0.2, 0.25) is 0 Å². The Labute approximate surface area is 84.8 Å². The first-order valence-corrected chi connectivity index (χ1v) is 4.53. The van der Waals surface area contributed by atoms with Crippen LogP contribution in [0.3, 0.4) is 0 Å². The Kier molecular flexibility index (Phi) is 3.73. The van der Waals surface area contributed by atoms with Gasteiger partial charge >= 0.3 is 12.1 Å². The van der Waals surface area contributed by atoms with Crippen LogP contribution in [0.5, 0.6) is 0 Å². The molecule has 0 aromatic heterocycles. The maximum absolute atomic E-state index is 11.7. The van der Waals surface area contributed by atoms with Crippen molar-refractivity contribution in [2.24, 2.45) is 0 Å². The van der Waals surface area contributed by atoms with Crippen LogP contribution in [-0.4, -0.2) is 18.2 Å². The van der Waals surface area contributed by atoms with Crippen molar-refractivity contribution in [1.29, 1.82) is 0 Å². The van der Waals surface area contributed by atoms with E-state index in [1.54, 1.807) is 0 Å². The summed E-state index contributed by atoms with van der Waals surface area (Å²) < 4.78 is 35.2. The van der Waals surface area contributed by atoms with Crippen molar-refractivity contribution < 1.29 is 27.7 Å². The molecule has 0 saturated heterocycles. The highest BCUT2D eigenvalue weighted by Crippen LogP contribution is 2.26. The lowest BCUT2D eigenvalue weighted by Gasteiger charge is -2.22. The number of hydrogen-bond donors (Lipinski definition) is 0. The summed E-state index contributed by atoms with van der Waals surface area (Å²) in [6, 6.07) is 0. The first-order valence-electron chi connectivity index (χ1n) is 4.53. The van der Waals surface area contributed by atoms with Crippen LogP contribution in [0.1, 0.15) is 25.7 Å². The predicted molar refractivity (Wildman–Crippen MR) is 44.6 cm³/mol. The Morgan fingerprint density at radius 1 is 1.40 bits per heavy atom. The Bertz CT molecular complexity index is 260. The lowest BCUT2D eigenvalue weighted by molar-refractivity contribution is -0.317. The van der Waals surface area contributed by atoms with Gasteiger partial charge in [0.15, 0.2) is 0 Å². The van der Waals surface area contributed by atoms with Crippen molar-refractivity contribution in [1.82, 2.24) is 0 Å². The highest BCUT2D eigenvalue weighted by atomic mass is 19.4. The summed E-state index contributed by atoms with van der Waals surface area (Å²) in [5.41, 5.74) is 0.663. The van der Waals surface area contributed by atoms with Gasteiger partial charge in [-0.25, -0.2) is 4.79 Å². The first-order chi connectivity index (χ1) is 6.91. The van der Waals surface area contributed by atoms with Crippen LogP contribution in [0, 0.1) is 0 Å². The van der Waals surface area contributed by atoms with E-state index in [-0.39, 0.29) is 0 Å². The van der Waals surface area contributed by atoms with Gasteiger partial charge in [-0.3, -0.25) is 4.89 Å². The minimum atomic E-state index is -5.02. The van der Waals surface area contributed by atoms with Gasteiger partial charge in [-0.2, -0.15) is 18.1 Å². The molecular formula is C9H11F3O3. The van der Waals surface area contributed by atoms with Gasteiger partial charge in [-0.1, -0.05) is 13.0 Å². The number of rotatable bonds is 2. The molecule has 0 aromatic rings. The Balaban J connectivity index is 2.36. The zero-order valence-electron chi connectivity index (χ0n) is 7.97. The van der Waals surface area contributed by atoms with Crippen molar-refractivity contribution in [3.63, 3.8) is 0 Å². The van der Waals surface area contributed by atoms with Crippen LogP contribution in [0.4, 0.5) is 13.2 Å². The molecule has 86 valence electrons. The van der Waals surface area contributed by atoms with E-state index < -0.39 is 18.2 Å². The average Bonchev–Trinajstić information content (AvgIpc) is 2.14. The molecule has 0 amide bonds. The second kappa shape index (κ2) is 4.65. The molecule has 1 rings (SSSR count). The molecule has 1 aliphatic rings. The molecule has 0 bridgehead atoms. The summed E-state index contributed by atoms with van der Waals surface area (Å²) >= 11 is 0. The van der Waals surface area contributed by atoms with Gasteiger partial charge in [-0.15, -0.1) is 0 Å². The van der Waals surface area contributed by atoms with Gasteiger partial charge in [-0.05, 0) is 24.8 Å². The maximum atomic E-state index is 11.7. The van der Waals surface area contributed by atoms with E-state index in [9.17, 15) is 18.0 Å². The van der Waals surface area contributed by atoms with E-state index >= 15 is 0 Å². The smallest absolute Gasteiger partial charge is 0.287 e. The van der Waals surface area contributed by atoms with E-state index in [4.69, 9.17) is 0 Å². The lowest BCUT2D eigenvalue weighted by atomic mass is 9.94. The number of alkyl halides is 3. The number of halogens is 3. The third-order valence-corrected chi connectivity index (χ3v) is 2.14. The van der Waals surface area contributed by atoms with E-state index in [1.807, 2.05) is 0 Å². The molecule has 1 fully saturated rings. The molecule has 1 aliphatic carbocycles. The molecular weight excluding hydrogens is 213 g/mol. The fourth-order valence-electron chi connectivity index (χ4n) is 1.31. The zero-order chi connectivity index (χ0) is 11.5. The molecule has 0 spiro atoms. The standard InChI is InChI=1S/C9H11F3O3/c1-6-4-2-3-5-7(6)14-15-8(13)9(10,11)12/h7H,1-5H2. The summed E-state index contributed by atoms with van der Waals surface area (Å²) in [6.45, 7) is 3.64. The normalized spacial score (nSPS) is 22.6. The molecule has 0 heterocycles. The summed E-state index contributed by atoms with van der Waals surface area (Å²) in [5.74, 6) is -2.33. The Morgan fingerprint density at radius 2 is 2.07 bits per heavy atom. The summed E-state index contributed by atoms with van der Waals surface area (Å²) in [7, 11) is 0. The number of carbonyl (C=O) groups excluding carboxylic acids is 1. The largest absolute Gasteiger partial charge is 0.494 e. The van der Waals surface area contributed by atoms with E-state index in [0.717, 1.165) is 12.8 Å². The molecule has 1 unspecified atom stereocenters. The van der Waals surface area contributed by atoms with Crippen LogP contribution >= 0.6 is 0 Å². The molecule has 6 heteroatoms. The first kappa shape index (κ1) is 12.0. The predicted octanol–water partition coefficient (Wildman–Crippen LogP) is 2.52. The van der Waals surface area contributed by atoms with Crippen molar-refractivity contribution in [3.8, 4) is 0 Å². The molecule has 0 aromatic carbocycles. The fraction of sp³-hybridized carbons (Fsp3) is 0.667. The molecule has 0 N–H and O–H groups in total. The Morgan fingerprint density at radius 3 is 2.60 bits per heavy atom. The van der Waals surface area contributed by atoms with Gasteiger partial charge in [0, 0.05) is 0 Å². The second-order valence-electron chi connectivity index (χ2n) is 3.36. The average molecular weight is 224 g/mol. The SMILES string of the molecule is C=C1CCCCC1OOC(=O)C(F)(F)F. The molecule has 1 atom stereocenters. The van der Waals surface area contributed by atoms with Gasteiger partial charge in [0.2, 0.25) is 0 Å². The zero-order valence-corrected chi connectivity index (χ0v) is 7.97. The molecule has 3 nitrogen and oxygen atoms in total. The van der Waals surface area contributed by atoms with Crippen LogP contribution in [-0.2, 0) is 14.6 Å². The second-order valence-corrected chi connectivity index (χ2v) is 3.36. The molecule has 0 radical (unpaired) electrons. The van der Waals surface area contributed by atoms with Gasteiger partial charge < -0.3 is 0 Å². The summed E-state index contributed by atoms with van der Waals surface area (Å²) in [4.78, 5) is 18.4. The van der Waals surface area contributed by atoms with Crippen LogP contribution in [0.25, 0.3) is 0 Å². The number of carbonyl (C=O) groups is 1. The third kappa shape index (κ3) is 3.54.